The Hall–Kier alpha value is -2.23. The molecule has 4 heteroatoms. The van der Waals surface area contributed by atoms with E-state index in [1.54, 1.807) is 5.17 Å². The van der Waals surface area contributed by atoms with Crippen molar-refractivity contribution in [2.75, 3.05) is 0 Å². The maximum absolute atomic E-state index is 5.91. The molecule has 0 radical (unpaired) electrons. The first-order chi connectivity index (χ1) is 9.78. The number of hydrogen-bond donors (Lipinski definition) is 1. The van der Waals surface area contributed by atoms with Gasteiger partial charge in [0.1, 0.15) is 6.04 Å². The van der Waals surface area contributed by atoms with E-state index in [0.29, 0.717) is 0 Å². The number of aryl methyl sites for hydroxylation is 1. The Morgan fingerprint density at radius 3 is 2.80 bits per heavy atom. The van der Waals surface area contributed by atoms with Crippen LogP contribution in [-0.2, 0) is 0 Å². The standard InChI is InChI=1S/C16H19N3O/c1-3-4-15-14-6-5-12(2)11-16(14)20-19(15)18-13-7-9-17-10-8-13/h5-11,15H,3-4H2,1-2H3,(H,17,18). The van der Waals surface area contributed by atoms with Gasteiger partial charge in [-0.3, -0.25) is 0 Å². The van der Waals surface area contributed by atoms with E-state index in [4.69, 9.17) is 4.84 Å². The average molecular weight is 269 g/mol. The Bertz CT molecular complexity index is 645. The maximum Gasteiger partial charge on any atom is 0.163 e. The summed E-state index contributed by atoms with van der Waals surface area (Å²) in [7, 11) is 0. The highest BCUT2D eigenvalue weighted by Crippen LogP contribution is 2.40. The first-order valence-electron chi connectivity index (χ1n) is 7.03. The summed E-state index contributed by atoms with van der Waals surface area (Å²) in [6.45, 7) is 4.26. The molecule has 1 aromatic carbocycles. The molecule has 0 amide bonds. The zero-order valence-corrected chi connectivity index (χ0v) is 11.8. The third kappa shape index (κ3) is 2.41. The van der Waals surface area contributed by atoms with Gasteiger partial charge in [-0.05, 0) is 37.1 Å². The van der Waals surface area contributed by atoms with E-state index in [9.17, 15) is 0 Å². The number of hydrogen-bond acceptors (Lipinski definition) is 3. The summed E-state index contributed by atoms with van der Waals surface area (Å²) >= 11 is 0. The molecule has 0 spiro atoms. The molecule has 1 aliphatic rings. The van der Waals surface area contributed by atoms with Crippen LogP contribution >= 0.6 is 0 Å². The second-order valence-electron chi connectivity index (χ2n) is 5.10. The molecule has 1 unspecified atom stereocenters. The zero-order chi connectivity index (χ0) is 13.9. The van der Waals surface area contributed by atoms with Crippen LogP contribution < -0.4 is 10.2 Å². The number of nitrogens with zero attached hydrogens (tertiary/aromatic N) is 2. The molecular formula is C16H19N3O. The van der Waals surface area contributed by atoms with Gasteiger partial charge in [-0.15, -0.1) is 10.3 Å². The molecule has 1 aliphatic heterocycles. The summed E-state index contributed by atoms with van der Waals surface area (Å²) in [5.74, 6) is 0.926. The zero-order valence-electron chi connectivity index (χ0n) is 11.8. The molecule has 1 N–H and O–H groups in total. The van der Waals surface area contributed by atoms with Gasteiger partial charge < -0.3 is 9.82 Å². The number of fused-ring (bicyclic) bond motifs is 1. The first-order valence-corrected chi connectivity index (χ1v) is 7.03. The lowest BCUT2D eigenvalue weighted by atomic mass is 10.0. The fourth-order valence-corrected chi connectivity index (χ4v) is 2.47. The lowest BCUT2D eigenvalue weighted by Crippen LogP contribution is -2.23. The number of nitrogens with one attached hydrogen (secondary N) is 1. The van der Waals surface area contributed by atoms with Crippen molar-refractivity contribution in [3.8, 4) is 5.75 Å². The highest BCUT2D eigenvalue weighted by molar-refractivity contribution is 5.41. The van der Waals surface area contributed by atoms with Crippen molar-refractivity contribution in [2.24, 2.45) is 5.10 Å². The molecule has 0 bridgehead atoms. The number of H-pyrrole nitrogens is 1. The number of aromatic nitrogens is 1. The summed E-state index contributed by atoms with van der Waals surface area (Å²) in [6.07, 6.45) is 5.84. The SMILES string of the molecule is CCCC1c2ccc(C)cc2ON1N=c1cc[nH]cc1. The van der Waals surface area contributed by atoms with E-state index in [0.717, 1.165) is 23.9 Å². The quantitative estimate of drug-likeness (QED) is 0.929. The van der Waals surface area contributed by atoms with Crippen LogP contribution in [0.4, 0.5) is 0 Å². The Morgan fingerprint density at radius 2 is 2.05 bits per heavy atom. The van der Waals surface area contributed by atoms with Crippen molar-refractivity contribution >= 4 is 0 Å². The molecule has 3 rings (SSSR count). The second kappa shape index (κ2) is 5.41. The monoisotopic (exact) mass is 269 g/mol. The highest BCUT2D eigenvalue weighted by atomic mass is 16.7. The summed E-state index contributed by atoms with van der Waals surface area (Å²) in [6, 6.07) is 10.4. The maximum atomic E-state index is 5.91. The molecule has 0 aliphatic carbocycles. The summed E-state index contributed by atoms with van der Waals surface area (Å²) in [5, 5.41) is 7.22. The van der Waals surface area contributed by atoms with E-state index < -0.39 is 0 Å². The molecule has 104 valence electrons. The Kier molecular flexibility index (Phi) is 3.46. The van der Waals surface area contributed by atoms with Crippen LogP contribution in [0.15, 0.2) is 47.8 Å². The largest absolute Gasteiger partial charge is 0.367 e. The van der Waals surface area contributed by atoms with Crippen LogP contribution in [0.25, 0.3) is 0 Å². The molecule has 20 heavy (non-hydrogen) atoms. The minimum absolute atomic E-state index is 0.194. The summed E-state index contributed by atoms with van der Waals surface area (Å²) in [4.78, 5) is 8.91. The number of rotatable bonds is 3. The highest BCUT2D eigenvalue weighted by Gasteiger charge is 2.31. The van der Waals surface area contributed by atoms with Crippen molar-refractivity contribution in [1.82, 2.24) is 10.2 Å². The topological polar surface area (TPSA) is 40.6 Å². The Morgan fingerprint density at radius 1 is 1.25 bits per heavy atom. The second-order valence-corrected chi connectivity index (χ2v) is 5.10. The van der Waals surface area contributed by atoms with E-state index in [1.165, 1.54) is 11.1 Å². The van der Waals surface area contributed by atoms with Crippen molar-refractivity contribution in [1.29, 1.82) is 0 Å². The van der Waals surface area contributed by atoms with Gasteiger partial charge in [-0.1, -0.05) is 25.5 Å². The number of pyridine rings is 1. The van der Waals surface area contributed by atoms with E-state index in [2.05, 4.69) is 42.1 Å². The minimum atomic E-state index is 0.194. The van der Waals surface area contributed by atoms with Crippen molar-refractivity contribution in [3.05, 3.63) is 59.2 Å². The molecule has 2 aromatic rings. The normalized spacial score (nSPS) is 16.7. The third-order valence-electron chi connectivity index (χ3n) is 3.46. The molecular weight excluding hydrogens is 250 g/mol. The van der Waals surface area contributed by atoms with Gasteiger partial charge in [0.25, 0.3) is 0 Å². The fraction of sp³-hybridized carbons (Fsp3) is 0.312. The van der Waals surface area contributed by atoms with E-state index in [1.807, 2.05) is 24.5 Å². The van der Waals surface area contributed by atoms with Crippen molar-refractivity contribution in [2.45, 2.75) is 32.7 Å². The van der Waals surface area contributed by atoms with Crippen LogP contribution in [0, 0.1) is 6.92 Å². The molecule has 0 saturated heterocycles. The van der Waals surface area contributed by atoms with Crippen LogP contribution in [0.3, 0.4) is 0 Å². The summed E-state index contributed by atoms with van der Waals surface area (Å²) < 4.78 is 0. The van der Waals surface area contributed by atoms with Crippen LogP contribution in [0.1, 0.15) is 36.9 Å². The van der Waals surface area contributed by atoms with E-state index >= 15 is 0 Å². The molecule has 4 nitrogen and oxygen atoms in total. The number of aromatic amines is 1. The molecule has 0 saturated carbocycles. The minimum Gasteiger partial charge on any atom is -0.367 e. The van der Waals surface area contributed by atoms with Gasteiger partial charge in [0.05, 0.1) is 5.36 Å². The lowest BCUT2D eigenvalue weighted by Gasteiger charge is -2.18. The van der Waals surface area contributed by atoms with Gasteiger partial charge in [0.15, 0.2) is 5.75 Å². The number of hydroxylamine groups is 1. The van der Waals surface area contributed by atoms with Gasteiger partial charge in [-0.2, -0.15) is 0 Å². The first kappa shape index (κ1) is 12.8. The van der Waals surface area contributed by atoms with Crippen LogP contribution in [-0.4, -0.2) is 10.2 Å². The molecule has 1 aromatic heterocycles. The van der Waals surface area contributed by atoms with E-state index in [-0.39, 0.29) is 6.04 Å². The van der Waals surface area contributed by atoms with Gasteiger partial charge in [-0.25, -0.2) is 0 Å². The molecule has 0 fully saturated rings. The average Bonchev–Trinajstić information content (AvgIpc) is 2.77. The van der Waals surface area contributed by atoms with Gasteiger partial charge >= 0.3 is 0 Å². The van der Waals surface area contributed by atoms with Crippen LogP contribution in [0.5, 0.6) is 5.75 Å². The Balaban J connectivity index is 1.97. The molecule has 2 heterocycles. The number of benzene rings is 1. The summed E-state index contributed by atoms with van der Waals surface area (Å²) in [5.41, 5.74) is 2.43. The predicted octanol–water partition coefficient (Wildman–Crippen LogP) is 3.29. The molecule has 1 atom stereocenters. The fourth-order valence-electron chi connectivity index (χ4n) is 2.47. The third-order valence-corrected chi connectivity index (χ3v) is 3.46. The van der Waals surface area contributed by atoms with Crippen molar-refractivity contribution < 1.29 is 4.84 Å². The van der Waals surface area contributed by atoms with Crippen LogP contribution in [0.2, 0.25) is 0 Å². The smallest absolute Gasteiger partial charge is 0.163 e. The lowest BCUT2D eigenvalue weighted by molar-refractivity contribution is -0.0765. The predicted molar refractivity (Wildman–Crippen MR) is 77.7 cm³/mol. The van der Waals surface area contributed by atoms with Gasteiger partial charge in [0.2, 0.25) is 0 Å². The Labute approximate surface area is 118 Å². The van der Waals surface area contributed by atoms with Crippen molar-refractivity contribution in [3.63, 3.8) is 0 Å². The van der Waals surface area contributed by atoms with Gasteiger partial charge in [0, 0.05) is 18.0 Å².